The molecule has 1 aliphatic rings. The molecule has 0 spiro atoms. The summed E-state index contributed by atoms with van der Waals surface area (Å²) in [5, 5.41) is 16.2. The summed E-state index contributed by atoms with van der Waals surface area (Å²) in [6, 6.07) is 4.46. The molecule has 0 radical (unpaired) electrons. The van der Waals surface area contributed by atoms with Crippen molar-refractivity contribution in [2.24, 2.45) is 0 Å². The van der Waals surface area contributed by atoms with Gasteiger partial charge in [0.15, 0.2) is 0 Å². The van der Waals surface area contributed by atoms with Crippen molar-refractivity contribution in [3.05, 3.63) is 28.8 Å². The molecule has 3 N–H and O–H groups in total. The maximum absolute atomic E-state index is 11.9. The molecule has 0 unspecified atom stereocenters. The molecule has 1 aliphatic heterocycles. The second kappa shape index (κ2) is 7.47. The molecule has 1 aromatic rings. The Kier molecular flexibility index (Phi) is 5.64. The molecular weight excluding hydrogens is 278 g/mol. The standard InChI is InChI=1S/C14H20ClN3O2/c15-11-2-3-13(19)12(10-11)14(20)17-4-1-7-18-8-5-16-6-9-18/h2-3,10,16,19H,1,4-9H2,(H,17,20). The average Bonchev–Trinajstić information content (AvgIpc) is 2.47. The van der Waals surface area contributed by atoms with E-state index < -0.39 is 0 Å². The van der Waals surface area contributed by atoms with Crippen LogP contribution in [0.1, 0.15) is 16.8 Å². The van der Waals surface area contributed by atoms with E-state index in [2.05, 4.69) is 15.5 Å². The van der Waals surface area contributed by atoms with E-state index in [1.165, 1.54) is 12.1 Å². The predicted octanol–water partition coefficient (Wildman–Crippen LogP) is 1.07. The zero-order valence-electron chi connectivity index (χ0n) is 11.4. The highest BCUT2D eigenvalue weighted by molar-refractivity contribution is 6.31. The smallest absolute Gasteiger partial charge is 0.255 e. The summed E-state index contributed by atoms with van der Waals surface area (Å²) < 4.78 is 0. The van der Waals surface area contributed by atoms with Crippen molar-refractivity contribution >= 4 is 17.5 Å². The van der Waals surface area contributed by atoms with Crippen LogP contribution in [0.2, 0.25) is 5.02 Å². The van der Waals surface area contributed by atoms with Gasteiger partial charge >= 0.3 is 0 Å². The number of carbonyl (C=O) groups excluding carboxylic acids is 1. The number of hydrogen-bond acceptors (Lipinski definition) is 4. The van der Waals surface area contributed by atoms with Gasteiger partial charge in [0, 0.05) is 37.7 Å². The zero-order valence-corrected chi connectivity index (χ0v) is 12.1. The minimum Gasteiger partial charge on any atom is -0.507 e. The van der Waals surface area contributed by atoms with Gasteiger partial charge in [0.05, 0.1) is 5.56 Å². The first kappa shape index (κ1) is 15.1. The predicted molar refractivity (Wildman–Crippen MR) is 79.4 cm³/mol. The van der Waals surface area contributed by atoms with Crippen LogP contribution in [0.5, 0.6) is 5.75 Å². The molecule has 0 saturated carbocycles. The summed E-state index contributed by atoms with van der Waals surface area (Å²) in [6.45, 7) is 5.75. The van der Waals surface area contributed by atoms with E-state index in [0.717, 1.165) is 39.1 Å². The lowest BCUT2D eigenvalue weighted by atomic mass is 10.2. The Morgan fingerprint density at radius 2 is 2.15 bits per heavy atom. The largest absolute Gasteiger partial charge is 0.507 e. The van der Waals surface area contributed by atoms with Crippen LogP contribution in [0.25, 0.3) is 0 Å². The van der Waals surface area contributed by atoms with Crippen molar-refractivity contribution in [1.29, 1.82) is 0 Å². The number of rotatable bonds is 5. The first-order valence-electron chi connectivity index (χ1n) is 6.86. The number of benzene rings is 1. The molecule has 20 heavy (non-hydrogen) atoms. The van der Waals surface area contributed by atoms with E-state index in [1.807, 2.05) is 0 Å². The summed E-state index contributed by atoms with van der Waals surface area (Å²) in [4.78, 5) is 14.3. The van der Waals surface area contributed by atoms with Crippen LogP contribution in [0.3, 0.4) is 0 Å². The van der Waals surface area contributed by atoms with Crippen molar-refractivity contribution in [2.75, 3.05) is 39.3 Å². The van der Waals surface area contributed by atoms with Crippen LogP contribution in [0.4, 0.5) is 0 Å². The second-order valence-electron chi connectivity index (χ2n) is 4.86. The summed E-state index contributed by atoms with van der Waals surface area (Å²) in [5.74, 6) is -0.334. The third-order valence-corrected chi connectivity index (χ3v) is 3.58. The molecule has 1 fully saturated rings. The van der Waals surface area contributed by atoms with Gasteiger partial charge in [-0.2, -0.15) is 0 Å². The third-order valence-electron chi connectivity index (χ3n) is 3.35. The highest BCUT2D eigenvalue weighted by Crippen LogP contribution is 2.21. The lowest BCUT2D eigenvalue weighted by Crippen LogP contribution is -2.44. The summed E-state index contributed by atoms with van der Waals surface area (Å²) in [7, 11) is 0. The van der Waals surface area contributed by atoms with Crippen molar-refractivity contribution in [1.82, 2.24) is 15.5 Å². The SMILES string of the molecule is O=C(NCCCN1CCNCC1)c1cc(Cl)ccc1O. The van der Waals surface area contributed by atoms with Gasteiger partial charge in [-0.1, -0.05) is 11.6 Å². The van der Waals surface area contributed by atoms with Crippen LogP contribution in [0, 0.1) is 0 Å². The van der Waals surface area contributed by atoms with Crippen molar-refractivity contribution in [2.45, 2.75) is 6.42 Å². The Labute approximate surface area is 123 Å². The van der Waals surface area contributed by atoms with Crippen molar-refractivity contribution in [3.63, 3.8) is 0 Å². The number of aromatic hydroxyl groups is 1. The molecule has 5 nitrogen and oxygen atoms in total. The molecule has 6 heteroatoms. The maximum atomic E-state index is 11.9. The van der Waals surface area contributed by atoms with Crippen LogP contribution in [-0.4, -0.2) is 55.2 Å². The number of hydrogen-bond donors (Lipinski definition) is 3. The van der Waals surface area contributed by atoms with Crippen LogP contribution in [-0.2, 0) is 0 Å². The first-order valence-corrected chi connectivity index (χ1v) is 7.24. The normalized spacial score (nSPS) is 16.1. The monoisotopic (exact) mass is 297 g/mol. The third kappa shape index (κ3) is 4.37. The molecular formula is C14H20ClN3O2. The van der Waals surface area contributed by atoms with E-state index in [0.29, 0.717) is 11.6 Å². The van der Waals surface area contributed by atoms with Crippen molar-refractivity contribution < 1.29 is 9.90 Å². The van der Waals surface area contributed by atoms with Gasteiger partial charge in [-0.3, -0.25) is 4.79 Å². The van der Waals surface area contributed by atoms with Gasteiger partial charge < -0.3 is 20.6 Å². The number of piperazine rings is 1. The van der Waals surface area contributed by atoms with Gasteiger partial charge in [-0.15, -0.1) is 0 Å². The Morgan fingerprint density at radius 3 is 2.90 bits per heavy atom. The number of nitrogens with zero attached hydrogens (tertiary/aromatic N) is 1. The molecule has 2 rings (SSSR count). The first-order chi connectivity index (χ1) is 9.66. The number of phenolic OH excluding ortho intramolecular Hbond substituents is 1. The van der Waals surface area contributed by atoms with E-state index in [1.54, 1.807) is 6.07 Å². The van der Waals surface area contributed by atoms with Crippen LogP contribution < -0.4 is 10.6 Å². The number of nitrogens with one attached hydrogen (secondary N) is 2. The highest BCUT2D eigenvalue weighted by atomic mass is 35.5. The highest BCUT2D eigenvalue weighted by Gasteiger charge is 2.12. The van der Waals surface area contributed by atoms with Crippen LogP contribution >= 0.6 is 11.6 Å². The lowest BCUT2D eigenvalue weighted by Gasteiger charge is -2.27. The van der Waals surface area contributed by atoms with E-state index in [9.17, 15) is 9.90 Å². The Balaban J connectivity index is 1.73. The fraction of sp³-hybridized carbons (Fsp3) is 0.500. The number of phenols is 1. The zero-order chi connectivity index (χ0) is 14.4. The molecule has 1 amide bonds. The van der Waals surface area contributed by atoms with Crippen molar-refractivity contribution in [3.8, 4) is 5.75 Å². The quantitative estimate of drug-likeness (QED) is 0.712. The van der Waals surface area contributed by atoms with Gasteiger partial charge in [0.2, 0.25) is 0 Å². The molecule has 0 aliphatic carbocycles. The van der Waals surface area contributed by atoms with Crippen LogP contribution in [0.15, 0.2) is 18.2 Å². The maximum Gasteiger partial charge on any atom is 0.255 e. The molecule has 0 aromatic heterocycles. The molecule has 0 atom stereocenters. The topological polar surface area (TPSA) is 64.6 Å². The fourth-order valence-corrected chi connectivity index (χ4v) is 2.40. The molecule has 1 aromatic carbocycles. The molecule has 110 valence electrons. The second-order valence-corrected chi connectivity index (χ2v) is 5.30. The van der Waals surface area contributed by atoms with Gasteiger partial charge in [-0.05, 0) is 31.2 Å². The van der Waals surface area contributed by atoms with E-state index >= 15 is 0 Å². The average molecular weight is 298 g/mol. The number of amides is 1. The van der Waals surface area contributed by atoms with E-state index in [4.69, 9.17) is 11.6 Å². The Morgan fingerprint density at radius 1 is 1.40 bits per heavy atom. The Bertz CT molecular complexity index is 462. The minimum atomic E-state index is -0.287. The van der Waals surface area contributed by atoms with Gasteiger partial charge in [0.1, 0.15) is 5.75 Å². The number of halogens is 1. The number of carbonyl (C=O) groups is 1. The summed E-state index contributed by atoms with van der Waals surface area (Å²) in [5.41, 5.74) is 0.222. The Hall–Kier alpha value is -1.30. The molecule has 1 heterocycles. The lowest BCUT2D eigenvalue weighted by molar-refractivity contribution is 0.0948. The molecule has 0 bridgehead atoms. The minimum absolute atomic E-state index is 0.0472. The van der Waals surface area contributed by atoms with Gasteiger partial charge in [-0.25, -0.2) is 0 Å². The molecule has 1 saturated heterocycles. The summed E-state index contributed by atoms with van der Waals surface area (Å²) in [6.07, 6.45) is 0.896. The summed E-state index contributed by atoms with van der Waals surface area (Å²) >= 11 is 5.82. The van der Waals surface area contributed by atoms with E-state index in [-0.39, 0.29) is 17.2 Å². The fourth-order valence-electron chi connectivity index (χ4n) is 2.22. The van der Waals surface area contributed by atoms with Gasteiger partial charge in [0.25, 0.3) is 5.91 Å².